The van der Waals surface area contributed by atoms with Crippen molar-refractivity contribution in [3.8, 4) is 5.13 Å². The van der Waals surface area contributed by atoms with Gasteiger partial charge in [-0.15, -0.1) is 0 Å². The van der Waals surface area contributed by atoms with E-state index in [2.05, 4.69) is 20.5 Å². The van der Waals surface area contributed by atoms with Crippen LogP contribution in [0.5, 0.6) is 0 Å². The van der Waals surface area contributed by atoms with E-state index in [1.807, 2.05) is 0 Å². The van der Waals surface area contributed by atoms with Crippen LogP contribution in [0.25, 0.3) is 5.13 Å². The predicted octanol–water partition coefficient (Wildman–Crippen LogP) is -0.337. The molecule has 0 aliphatic carbocycles. The van der Waals surface area contributed by atoms with E-state index in [1.54, 1.807) is 0 Å². The molecule has 3 rings (SSSR count). The highest BCUT2D eigenvalue weighted by Crippen LogP contribution is 2.23. The topological polar surface area (TPSA) is 75.6 Å². The summed E-state index contributed by atoms with van der Waals surface area (Å²) < 4.78 is 1.43. The molecule has 2 aromatic rings. The molecule has 0 aromatic carbocycles. The van der Waals surface area contributed by atoms with Crippen molar-refractivity contribution >= 4 is 11.3 Å². The summed E-state index contributed by atoms with van der Waals surface area (Å²) >= 11 is 1.54. The largest absolute Gasteiger partial charge is 0.349 e. The molecule has 0 amide bonds. The Balaban J connectivity index is 2.10. The van der Waals surface area contributed by atoms with E-state index in [1.165, 1.54) is 27.1 Å². The minimum atomic E-state index is -0.242. The number of aromatic nitrogens is 4. The smallest absolute Gasteiger partial charge is 0.311 e. The van der Waals surface area contributed by atoms with Crippen molar-refractivity contribution in [3.05, 3.63) is 27.4 Å². The lowest BCUT2D eigenvalue weighted by atomic mass is 10.2. The SMILES string of the molecule is O=c1[nH]ncn1-c1nc2c(s1)CNCC2. The average Bonchev–Trinajstić information content (AvgIpc) is 2.82. The first-order valence-corrected chi connectivity index (χ1v) is 5.48. The lowest BCUT2D eigenvalue weighted by Crippen LogP contribution is -2.22. The third kappa shape index (κ3) is 1.40. The lowest BCUT2D eigenvalue weighted by molar-refractivity contribution is 0.643. The standard InChI is InChI=1S/C8H9N5OS/c14-7-12-10-4-13(7)8-11-5-1-2-9-3-6(5)15-8/h4,9H,1-3H2,(H,12,14). The molecule has 15 heavy (non-hydrogen) atoms. The summed E-state index contributed by atoms with van der Waals surface area (Å²) in [7, 11) is 0. The molecule has 1 aliphatic heterocycles. The van der Waals surface area contributed by atoms with Gasteiger partial charge in [0.25, 0.3) is 0 Å². The van der Waals surface area contributed by atoms with E-state index in [9.17, 15) is 4.79 Å². The van der Waals surface area contributed by atoms with Crippen molar-refractivity contribution in [2.45, 2.75) is 13.0 Å². The first-order valence-electron chi connectivity index (χ1n) is 4.66. The third-order valence-corrected chi connectivity index (χ3v) is 3.45. The molecule has 3 heterocycles. The van der Waals surface area contributed by atoms with Gasteiger partial charge in [0.2, 0.25) is 0 Å². The number of thiazole rings is 1. The molecule has 0 saturated heterocycles. The van der Waals surface area contributed by atoms with Crippen LogP contribution in [0.3, 0.4) is 0 Å². The normalized spacial score (nSPS) is 15.2. The van der Waals surface area contributed by atoms with Crippen LogP contribution in [0.4, 0.5) is 0 Å². The molecule has 1 aliphatic rings. The molecule has 0 saturated carbocycles. The summed E-state index contributed by atoms with van der Waals surface area (Å²) in [6, 6.07) is 0. The minimum absolute atomic E-state index is 0.242. The summed E-state index contributed by atoms with van der Waals surface area (Å²) in [5.41, 5.74) is 0.857. The zero-order valence-electron chi connectivity index (χ0n) is 7.86. The maximum Gasteiger partial charge on any atom is 0.349 e. The maximum atomic E-state index is 11.3. The van der Waals surface area contributed by atoms with Crippen molar-refractivity contribution in [1.82, 2.24) is 25.1 Å². The number of rotatable bonds is 1. The first-order chi connectivity index (χ1) is 7.34. The molecule has 7 heteroatoms. The lowest BCUT2D eigenvalue weighted by Gasteiger charge is -2.09. The van der Waals surface area contributed by atoms with Gasteiger partial charge < -0.3 is 5.32 Å². The van der Waals surface area contributed by atoms with Gasteiger partial charge in [-0.3, -0.25) is 0 Å². The minimum Gasteiger partial charge on any atom is -0.311 e. The molecule has 0 radical (unpaired) electrons. The van der Waals surface area contributed by atoms with Gasteiger partial charge in [-0.25, -0.2) is 19.4 Å². The van der Waals surface area contributed by atoms with Gasteiger partial charge in [0, 0.05) is 24.4 Å². The number of aromatic amines is 1. The second kappa shape index (κ2) is 3.28. The monoisotopic (exact) mass is 223 g/mol. The van der Waals surface area contributed by atoms with E-state index in [4.69, 9.17) is 0 Å². The number of fused-ring (bicyclic) bond motifs is 1. The van der Waals surface area contributed by atoms with Crippen molar-refractivity contribution < 1.29 is 0 Å². The number of hydrogen-bond donors (Lipinski definition) is 2. The Morgan fingerprint density at radius 3 is 3.20 bits per heavy atom. The number of hydrogen-bond acceptors (Lipinski definition) is 5. The summed E-state index contributed by atoms with van der Waals surface area (Å²) in [5.74, 6) is 0. The summed E-state index contributed by atoms with van der Waals surface area (Å²) in [6.07, 6.45) is 2.39. The Kier molecular flexibility index (Phi) is 1.93. The highest BCUT2D eigenvalue weighted by Gasteiger charge is 2.16. The average molecular weight is 223 g/mol. The quantitative estimate of drug-likeness (QED) is 0.693. The fourth-order valence-electron chi connectivity index (χ4n) is 1.60. The van der Waals surface area contributed by atoms with Gasteiger partial charge in [-0.1, -0.05) is 11.3 Å². The van der Waals surface area contributed by atoms with E-state index in [-0.39, 0.29) is 5.69 Å². The maximum absolute atomic E-state index is 11.3. The van der Waals surface area contributed by atoms with Crippen molar-refractivity contribution in [3.63, 3.8) is 0 Å². The number of nitrogens with zero attached hydrogens (tertiary/aromatic N) is 3. The Labute approximate surface area is 89.0 Å². The van der Waals surface area contributed by atoms with Gasteiger partial charge in [-0.2, -0.15) is 5.10 Å². The van der Waals surface area contributed by atoms with Crippen LogP contribution in [-0.2, 0) is 13.0 Å². The zero-order chi connectivity index (χ0) is 10.3. The van der Waals surface area contributed by atoms with Gasteiger partial charge in [-0.05, 0) is 0 Å². The van der Waals surface area contributed by atoms with Crippen LogP contribution in [0.2, 0.25) is 0 Å². The van der Waals surface area contributed by atoms with Gasteiger partial charge in [0.1, 0.15) is 6.33 Å². The first kappa shape index (κ1) is 8.81. The predicted molar refractivity (Wildman–Crippen MR) is 55.3 cm³/mol. The van der Waals surface area contributed by atoms with Crippen LogP contribution < -0.4 is 11.0 Å². The van der Waals surface area contributed by atoms with Crippen LogP contribution in [0.1, 0.15) is 10.6 Å². The third-order valence-electron chi connectivity index (χ3n) is 2.35. The molecule has 2 aromatic heterocycles. The molecule has 0 spiro atoms. The molecule has 2 N–H and O–H groups in total. The second-order valence-corrected chi connectivity index (χ2v) is 4.39. The molecule has 0 atom stereocenters. The Bertz CT molecular complexity index is 516. The molecule has 6 nitrogen and oxygen atoms in total. The highest BCUT2D eigenvalue weighted by atomic mass is 32.1. The van der Waals surface area contributed by atoms with E-state index < -0.39 is 0 Å². The fourth-order valence-corrected chi connectivity index (χ4v) is 2.64. The van der Waals surface area contributed by atoms with Crippen molar-refractivity contribution in [2.75, 3.05) is 6.54 Å². The van der Waals surface area contributed by atoms with Crippen LogP contribution in [-0.4, -0.2) is 26.3 Å². The molecular formula is C8H9N5OS. The Hall–Kier alpha value is -1.47. The van der Waals surface area contributed by atoms with E-state index >= 15 is 0 Å². The van der Waals surface area contributed by atoms with E-state index in [0.29, 0.717) is 5.13 Å². The summed E-state index contributed by atoms with van der Waals surface area (Å²) in [6.45, 7) is 1.80. The Morgan fingerprint density at radius 1 is 1.53 bits per heavy atom. The van der Waals surface area contributed by atoms with Crippen molar-refractivity contribution in [1.29, 1.82) is 0 Å². The zero-order valence-corrected chi connectivity index (χ0v) is 8.67. The molecule has 0 bridgehead atoms. The number of nitrogens with one attached hydrogen (secondary N) is 2. The molecule has 0 unspecified atom stereocenters. The highest BCUT2D eigenvalue weighted by molar-refractivity contribution is 7.14. The van der Waals surface area contributed by atoms with Crippen LogP contribution >= 0.6 is 11.3 Å². The van der Waals surface area contributed by atoms with Gasteiger partial charge >= 0.3 is 5.69 Å². The molecule has 0 fully saturated rings. The Morgan fingerprint density at radius 2 is 2.47 bits per heavy atom. The van der Waals surface area contributed by atoms with Gasteiger partial charge in [0.05, 0.1) is 5.69 Å². The second-order valence-electron chi connectivity index (χ2n) is 3.32. The summed E-state index contributed by atoms with van der Waals surface area (Å²) in [4.78, 5) is 17.0. The van der Waals surface area contributed by atoms with Crippen LogP contribution in [0, 0.1) is 0 Å². The van der Waals surface area contributed by atoms with Gasteiger partial charge in [0.15, 0.2) is 5.13 Å². The number of H-pyrrole nitrogens is 1. The molecular weight excluding hydrogens is 214 g/mol. The summed E-state index contributed by atoms with van der Waals surface area (Å²) in [5, 5.41) is 10.0. The molecule has 78 valence electrons. The fraction of sp³-hybridized carbons (Fsp3) is 0.375. The van der Waals surface area contributed by atoms with Crippen LogP contribution in [0.15, 0.2) is 11.1 Å². The van der Waals surface area contributed by atoms with Crippen molar-refractivity contribution in [2.24, 2.45) is 0 Å². The van der Waals surface area contributed by atoms with E-state index in [0.717, 1.165) is 25.2 Å².